The predicted molar refractivity (Wildman–Crippen MR) is 78.9 cm³/mol. The van der Waals surface area contributed by atoms with Crippen LogP contribution in [-0.2, 0) is 11.3 Å². The summed E-state index contributed by atoms with van der Waals surface area (Å²) in [5.74, 6) is 0.446. The summed E-state index contributed by atoms with van der Waals surface area (Å²) in [6.45, 7) is 1.94. The van der Waals surface area contributed by atoms with E-state index in [-0.39, 0.29) is 6.61 Å². The van der Waals surface area contributed by atoms with Crippen LogP contribution in [0.5, 0.6) is 0 Å². The monoisotopic (exact) mass is 305 g/mol. The van der Waals surface area contributed by atoms with Gasteiger partial charge in [0, 0.05) is 35.9 Å². The molecule has 0 radical (unpaired) electrons. The minimum absolute atomic E-state index is 0.227. The highest BCUT2D eigenvalue weighted by Gasteiger charge is 2.08. The van der Waals surface area contributed by atoms with Crippen LogP contribution in [0.4, 0.5) is 0 Å². The molecule has 0 aliphatic carbocycles. The fraction of sp³-hybridized carbons (Fsp3) is 0.538. The molecule has 0 aliphatic heterocycles. The van der Waals surface area contributed by atoms with Gasteiger partial charge in [-0.25, -0.2) is 0 Å². The van der Waals surface area contributed by atoms with E-state index in [0.29, 0.717) is 17.4 Å². The number of hydrogen-bond acceptors (Lipinski definition) is 5. The summed E-state index contributed by atoms with van der Waals surface area (Å²) in [5, 5.41) is 22.1. The average molecular weight is 306 g/mol. The van der Waals surface area contributed by atoms with Crippen molar-refractivity contribution in [3.8, 4) is 0 Å². The topological polar surface area (TPSA) is 61.7 Å². The molecule has 3 N–H and O–H groups in total. The van der Waals surface area contributed by atoms with Crippen molar-refractivity contribution >= 4 is 23.4 Å². The van der Waals surface area contributed by atoms with Crippen molar-refractivity contribution in [1.29, 1.82) is 0 Å². The van der Waals surface area contributed by atoms with Gasteiger partial charge in [-0.3, -0.25) is 0 Å². The Bertz CT molecular complexity index is 379. The van der Waals surface area contributed by atoms with E-state index >= 15 is 0 Å². The average Bonchev–Trinajstić information content (AvgIpc) is 2.42. The molecule has 1 aromatic rings. The fourth-order valence-electron chi connectivity index (χ4n) is 1.44. The summed E-state index contributed by atoms with van der Waals surface area (Å²) in [6.07, 6.45) is -0.710. The Morgan fingerprint density at radius 1 is 1.47 bits per heavy atom. The summed E-state index contributed by atoms with van der Waals surface area (Å²) >= 11 is 7.48. The Balaban J connectivity index is 2.58. The van der Waals surface area contributed by atoms with Gasteiger partial charge in [-0.15, -0.1) is 11.8 Å². The first-order valence-corrected chi connectivity index (χ1v) is 7.43. The maximum Gasteiger partial charge on any atom is 0.0864 e. The second-order valence-corrected chi connectivity index (χ2v) is 5.57. The quantitative estimate of drug-likeness (QED) is 0.477. The van der Waals surface area contributed by atoms with E-state index in [4.69, 9.17) is 21.4 Å². The van der Waals surface area contributed by atoms with Crippen LogP contribution in [0.15, 0.2) is 23.1 Å². The normalized spacial score (nSPS) is 12.6. The number of benzene rings is 1. The van der Waals surface area contributed by atoms with Crippen LogP contribution in [0.1, 0.15) is 5.56 Å². The molecule has 0 saturated heterocycles. The standard InChI is InChI=1S/C13H20ClNO3S/c1-18-5-4-15-7-10-2-3-11(14)6-13(10)19-9-12(17)8-16/h2-3,6,12,15-17H,4-5,7-9H2,1H3. The SMILES string of the molecule is COCCNCc1ccc(Cl)cc1SCC(O)CO. The number of ether oxygens (including phenoxy) is 1. The molecule has 6 heteroatoms. The first-order chi connectivity index (χ1) is 9.17. The lowest BCUT2D eigenvalue weighted by atomic mass is 10.2. The maximum absolute atomic E-state index is 9.39. The van der Waals surface area contributed by atoms with Gasteiger partial charge in [0.25, 0.3) is 0 Å². The number of methoxy groups -OCH3 is 1. The molecule has 0 aliphatic rings. The lowest BCUT2D eigenvalue weighted by Crippen LogP contribution is -2.19. The van der Waals surface area contributed by atoms with Gasteiger partial charge in [-0.1, -0.05) is 17.7 Å². The largest absolute Gasteiger partial charge is 0.394 e. The molecular formula is C13H20ClNO3S. The van der Waals surface area contributed by atoms with E-state index in [1.807, 2.05) is 18.2 Å². The number of aliphatic hydroxyl groups excluding tert-OH is 2. The van der Waals surface area contributed by atoms with Crippen LogP contribution in [0.3, 0.4) is 0 Å². The summed E-state index contributed by atoms with van der Waals surface area (Å²) in [7, 11) is 1.67. The van der Waals surface area contributed by atoms with E-state index < -0.39 is 6.10 Å². The lowest BCUT2D eigenvalue weighted by molar-refractivity contribution is 0.113. The van der Waals surface area contributed by atoms with Crippen LogP contribution < -0.4 is 5.32 Å². The molecule has 0 amide bonds. The Morgan fingerprint density at radius 2 is 2.26 bits per heavy atom. The number of hydrogen-bond donors (Lipinski definition) is 3. The molecule has 1 rings (SSSR count). The number of aliphatic hydroxyl groups is 2. The van der Waals surface area contributed by atoms with E-state index in [0.717, 1.165) is 23.5 Å². The van der Waals surface area contributed by atoms with Gasteiger partial charge in [-0.2, -0.15) is 0 Å². The predicted octanol–water partition coefficient (Wildman–Crippen LogP) is 1.52. The van der Waals surface area contributed by atoms with Gasteiger partial charge in [0.15, 0.2) is 0 Å². The highest BCUT2D eigenvalue weighted by molar-refractivity contribution is 7.99. The van der Waals surface area contributed by atoms with Gasteiger partial charge in [0.2, 0.25) is 0 Å². The maximum atomic E-state index is 9.39. The van der Waals surface area contributed by atoms with Crippen LogP contribution in [-0.4, -0.2) is 48.9 Å². The number of halogens is 1. The molecule has 1 atom stereocenters. The van der Waals surface area contributed by atoms with Crippen molar-refractivity contribution in [3.63, 3.8) is 0 Å². The Hall–Kier alpha value is -0.300. The molecule has 0 bridgehead atoms. The fourth-order valence-corrected chi connectivity index (χ4v) is 2.69. The van der Waals surface area contributed by atoms with Crippen LogP contribution >= 0.6 is 23.4 Å². The van der Waals surface area contributed by atoms with Gasteiger partial charge < -0.3 is 20.3 Å². The lowest BCUT2D eigenvalue weighted by Gasteiger charge is -2.12. The van der Waals surface area contributed by atoms with Crippen molar-refractivity contribution < 1.29 is 14.9 Å². The second-order valence-electron chi connectivity index (χ2n) is 4.07. The van der Waals surface area contributed by atoms with Crippen LogP contribution in [0.25, 0.3) is 0 Å². The van der Waals surface area contributed by atoms with Crippen molar-refractivity contribution in [2.45, 2.75) is 17.5 Å². The summed E-state index contributed by atoms with van der Waals surface area (Å²) in [5.41, 5.74) is 1.12. The van der Waals surface area contributed by atoms with E-state index in [1.165, 1.54) is 11.8 Å². The van der Waals surface area contributed by atoms with Gasteiger partial charge >= 0.3 is 0 Å². The first-order valence-electron chi connectivity index (χ1n) is 6.07. The third-order valence-electron chi connectivity index (χ3n) is 2.47. The minimum atomic E-state index is -0.710. The molecule has 4 nitrogen and oxygen atoms in total. The third kappa shape index (κ3) is 6.61. The zero-order valence-electron chi connectivity index (χ0n) is 10.9. The molecule has 19 heavy (non-hydrogen) atoms. The van der Waals surface area contributed by atoms with Crippen molar-refractivity contribution in [2.24, 2.45) is 0 Å². The molecule has 0 aromatic heterocycles. The minimum Gasteiger partial charge on any atom is -0.394 e. The van der Waals surface area contributed by atoms with Gasteiger partial charge in [0.1, 0.15) is 0 Å². The number of rotatable bonds is 9. The Kier molecular flexibility index (Phi) is 8.45. The number of nitrogens with one attached hydrogen (secondary N) is 1. The Labute approximate surface area is 123 Å². The molecule has 1 aromatic carbocycles. The van der Waals surface area contributed by atoms with Crippen LogP contribution in [0, 0.1) is 0 Å². The molecule has 1 unspecified atom stereocenters. The first kappa shape index (κ1) is 16.8. The van der Waals surface area contributed by atoms with Crippen LogP contribution in [0.2, 0.25) is 5.02 Å². The molecular weight excluding hydrogens is 286 g/mol. The highest BCUT2D eigenvalue weighted by Crippen LogP contribution is 2.26. The van der Waals surface area contributed by atoms with Gasteiger partial charge in [0.05, 0.1) is 19.3 Å². The molecule has 0 saturated carbocycles. The van der Waals surface area contributed by atoms with Crippen molar-refractivity contribution in [1.82, 2.24) is 5.32 Å². The molecule has 0 spiro atoms. The van der Waals surface area contributed by atoms with Crippen molar-refractivity contribution in [2.75, 3.05) is 32.6 Å². The van der Waals surface area contributed by atoms with Crippen molar-refractivity contribution in [3.05, 3.63) is 28.8 Å². The second kappa shape index (κ2) is 9.58. The smallest absolute Gasteiger partial charge is 0.0864 e. The summed E-state index contributed by atoms with van der Waals surface area (Å²) in [4.78, 5) is 1.02. The van der Waals surface area contributed by atoms with E-state index in [2.05, 4.69) is 5.32 Å². The Morgan fingerprint density at radius 3 is 2.95 bits per heavy atom. The summed E-state index contributed by atoms with van der Waals surface area (Å²) in [6, 6.07) is 5.70. The molecule has 0 fully saturated rings. The summed E-state index contributed by atoms with van der Waals surface area (Å²) < 4.78 is 4.97. The van der Waals surface area contributed by atoms with E-state index in [9.17, 15) is 5.11 Å². The highest BCUT2D eigenvalue weighted by atomic mass is 35.5. The zero-order valence-corrected chi connectivity index (χ0v) is 12.5. The number of thioether (sulfide) groups is 1. The van der Waals surface area contributed by atoms with Gasteiger partial charge in [-0.05, 0) is 17.7 Å². The molecule has 108 valence electrons. The zero-order chi connectivity index (χ0) is 14.1. The molecule has 0 heterocycles. The van der Waals surface area contributed by atoms with E-state index in [1.54, 1.807) is 7.11 Å². The third-order valence-corrected chi connectivity index (χ3v) is 3.95.